The minimum atomic E-state index is -0.259. The lowest BCUT2D eigenvalue weighted by atomic mass is 9.73. The number of benzene rings is 8. The third kappa shape index (κ3) is 4.56. The fraction of sp³-hybridized carbons (Fsp3) is 0.115. The molecule has 1 aliphatic carbocycles. The van der Waals surface area contributed by atoms with Gasteiger partial charge in [-0.05, 0) is 104 Å². The molecule has 0 saturated carbocycles. The van der Waals surface area contributed by atoms with E-state index in [1.807, 2.05) is 0 Å². The normalized spacial score (nSPS) is 14.9. The van der Waals surface area contributed by atoms with Gasteiger partial charge >= 0.3 is 0 Å². The minimum Gasteiger partial charge on any atom is -0.451 e. The van der Waals surface area contributed by atoms with E-state index in [2.05, 4.69) is 207 Å². The number of hydrogen-bond acceptors (Lipinski definition) is 3. The third-order valence-electron chi connectivity index (χ3n) is 12.4. The summed E-state index contributed by atoms with van der Waals surface area (Å²) in [7, 11) is 0. The highest BCUT2D eigenvalue weighted by molar-refractivity contribution is 6.00. The van der Waals surface area contributed by atoms with Crippen molar-refractivity contribution in [1.82, 2.24) is 0 Å². The summed E-state index contributed by atoms with van der Waals surface area (Å²) in [6, 6.07) is 62.1. The molecule has 2 heterocycles. The lowest BCUT2D eigenvalue weighted by Gasteiger charge is -2.46. The summed E-state index contributed by atoms with van der Waals surface area (Å²) in [6.45, 7) is 9.39. The van der Waals surface area contributed by atoms with Crippen LogP contribution in [0.4, 0.5) is 34.1 Å². The number of hydrogen-bond donors (Lipinski definition) is 0. The van der Waals surface area contributed by atoms with Crippen LogP contribution in [0.5, 0.6) is 11.5 Å². The van der Waals surface area contributed by atoms with Crippen LogP contribution < -0.4 is 14.5 Å². The first kappa shape index (κ1) is 31.9. The molecule has 0 saturated heterocycles. The quantitative estimate of drug-likeness (QED) is 0.181. The second kappa shape index (κ2) is 11.5. The lowest BCUT2D eigenvalue weighted by Crippen LogP contribution is -2.32. The molecule has 11 rings (SSSR count). The fourth-order valence-electron chi connectivity index (χ4n) is 9.55. The van der Waals surface area contributed by atoms with Crippen molar-refractivity contribution >= 4 is 44.9 Å². The standard InChI is InChI=1S/C52H40N2O/c1-51(2)41-19-11-10-18-39(41)40-26-25-38(32-44(40)51)53(37-24-22-34-16-8-9-17-35(34)30-37)46-28-27-43-49-50(46)55-48-29-23-36(33-14-6-5-7-15-33)31-47(48)54(49)45-21-13-12-20-42(45)52(43,3)4/h5-32H,1-4H3. The van der Waals surface area contributed by atoms with Gasteiger partial charge in [-0.25, -0.2) is 0 Å². The highest BCUT2D eigenvalue weighted by atomic mass is 16.5. The van der Waals surface area contributed by atoms with E-state index in [1.165, 1.54) is 55.4 Å². The van der Waals surface area contributed by atoms with E-state index in [9.17, 15) is 0 Å². The van der Waals surface area contributed by atoms with Crippen LogP contribution in [0, 0.1) is 0 Å². The second-order valence-corrected chi connectivity index (χ2v) is 16.2. The predicted molar refractivity (Wildman–Crippen MR) is 229 cm³/mol. The van der Waals surface area contributed by atoms with Crippen molar-refractivity contribution in [1.29, 1.82) is 0 Å². The summed E-state index contributed by atoms with van der Waals surface area (Å²) in [4.78, 5) is 4.87. The Balaban J connectivity index is 1.17. The molecule has 0 amide bonds. The highest BCUT2D eigenvalue weighted by Crippen LogP contribution is 2.63. The molecule has 55 heavy (non-hydrogen) atoms. The van der Waals surface area contributed by atoms with Crippen LogP contribution in [0.25, 0.3) is 33.0 Å². The number of para-hydroxylation sites is 1. The van der Waals surface area contributed by atoms with Gasteiger partial charge in [0.05, 0.1) is 22.7 Å². The lowest BCUT2D eigenvalue weighted by molar-refractivity contribution is 0.472. The Kier molecular flexibility index (Phi) is 6.65. The van der Waals surface area contributed by atoms with E-state index >= 15 is 0 Å². The maximum Gasteiger partial charge on any atom is 0.175 e. The van der Waals surface area contributed by atoms with Gasteiger partial charge in [-0.2, -0.15) is 0 Å². The highest BCUT2D eigenvalue weighted by Gasteiger charge is 2.43. The maximum absolute atomic E-state index is 7.27. The van der Waals surface area contributed by atoms with Crippen molar-refractivity contribution in [3.63, 3.8) is 0 Å². The van der Waals surface area contributed by atoms with Crippen LogP contribution in [-0.4, -0.2) is 0 Å². The van der Waals surface area contributed by atoms with Crippen molar-refractivity contribution in [2.45, 2.75) is 38.5 Å². The van der Waals surface area contributed by atoms with Gasteiger partial charge in [0, 0.05) is 22.2 Å². The van der Waals surface area contributed by atoms with Gasteiger partial charge in [0.2, 0.25) is 0 Å². The third-order valence-corrected chi connectivity index (χ3v) is 12.4. The van der Waals surface area contributed by atoms with Gasteiger partial charge in [-0.15, -0.1) is 0 Å². The SMILES string of the molecule is CC1(C)c2ccccc2-c2ccc(N(c3ccc4ccccc4c3)c3ccc4c5c3Oc3ccc(-c6ccccc6)cc3N5c3ccccc3C4(C)C)cc21. The van der Waals surface area contributed by atoms with Crippen LogP contribution in [0.15, 0.2) is 170 Å². The molecule has 0 fully saturated rings. The average molecular weight is 709 g/mol. The van der Waals surface area contributed by atoms with Crippen LogP contribution >= 0.6 is 0 Å². The Morgan fingerprint density at radius 2 is 1.13 bits per heavy atom. The predicted octanol–water partition coefficient (Wildman–Crippen LogP) is 14.5. The Morgan fingerprint density at radius 1 is 0.455 bits per heavy atom. The molecule has 3 aliphatic rings. The van der Waals surface area contributed by atoms with Crippen LogP contribution in [0.1, 0.15) is 49.9 Å². The Labute approximate surface area is 322 Å². The van der Waals surface area contributed by atoms with E-state index < -0.39 is 0 Å². The van der Waals surface area contributed by atoms with E-state index in [-0.39, 0.29) is 10.8 Å². The number of nitrogens with zero attached hydrogens (tertiary/aromatic N) is 2. The maximum atomic E-state index is 7.27. The molecular formula is C52H40N2O. The smallest absolute Gasteiger partial charge is 0.175 e. The molecule has 0 bridgehead atoms. The number of anilines is 6. The van der Waals surface area contributed by atoms with E-state index in [4.69, 9.17) is 4.74 Å². The van der Waals surface area contributed by atoms with Crippen molar-refractivity contribution in [2.75, 3.05) is 9.80 Å². The van der Waals surface area contributed by atoms with Gasteiger partial charge in [0.1, 0.15) is 0 Å². The molecule has 0 radical (unpaired) electrons. The van der Waals surface area contributed by atoms with Crippen molar-refractivity contribution in [3.05, 3.63) is 192 Å². The van der Waals surface area contributed by atoms with E-state index in [0.717, 1.165) is 45.5 Å². The van der Waals surface area contributed by atoms with Gasteiger partial charge < -0.3 is 14.5 Å². The minimum absolute atomic E-state index is 0.141. The zero-order valence-corrected chi connectivity index (χ0v) is 31.5. The average Bonchev–Trinajstić information content (AvgIpc) is 3.45. The zero-order valence-electron chi connectivity index (χ0n) is 31.5. The molecule has 264 valence electrons. The first-order valence-electron chi connectivity index (χ1n) is 19.3. The molecule has 8 aromatic carbocycles. The van der Waals surface area contributed by atoms with Crippen molar-refractivity contribution < 1.29 is 4.74 Å². The van der Waals surface area contributed by atoms with E-state index in [1.54, 1.807) is 0 Å². The molecule has 3 nitrogen and oxygen atoms in total. The van der Waals surface area contributed by atoms with Crippen LogP contribution in [0.2, 0.25) is 0 Å². The fourth-order valence-corrected chi connectivity index (χ4v) is 9.55. The van der Waals surface area contributed by atoms with Gasteiger partial charge in [-0.3, -0.25) is 0 Å². The summed E-state index contributed by atoms with van der Waals surface area (Å²) >= 11 is 0. The molecular weight excluding hydrogens is 669 g/mol. The zero-order chi connectivity index (χ0) is 37.1. The summed E-state index contributed by atoms with van der Waals surface area (Å²) in [5.74, 6) is 1.69. The monoisotopic (exact) mass is 708 g/mol. The molecule has 0 N–H and O–H groups in total. The number of fused-ring (bicyclic) bond motifs is 8. The molecule has 0 spiro atoms. The van der Waals surface area contributed by atoms with Gasteiger partial charge in [-0.1, -0.05) is 149 Å². The Bertz CT molecular complexity index is 2870. The molecule has 0 aromatic heterocycles. The van der Waals surface area contributed by atoms with Crippen LogP contribution in [0.3, 0.4) is 0 Å². The number of rotatable bonds is 4. The second-order valence-electron chi connectivity index (χ2n) is 16.2. The molecule has 8 aromatic rings. The Morgan fingerprint density at radius 3 is 1.98 bits per heavy atom. The Hall–Kier alpha value is -6.58. The van der Waals surface area contributed by atoms with Crippen molar-refractivity contribution in [2.24, 2.45) is 0 Å². The molecule has 3 heteroatoms. The molecule has 0 atom stereocenters. The first-order chi connectivity index (χ1) is 26.8. The molecule has 0 unspecified atom stereocenters. The molecule has 2 aliphatic heterocycles. The topological polar surface area (TPSA) is 15.7 Å². The van der Waals surface area contributed by atoms with Crippen molar-refractivity contribution in [3.8, 4) is 33.8 Å². The summed E-state index contributed by atoms with van der Waals surface area (Å²) < 4.78 is 7.27. The summed E-state index contributed by atoms with van der Waals surface area (Å²) in [6.07, 6.45) is 0. The van der Waals surface area contributed by atoms with Gasteiger partial charge in [0.15, 0.2) is 11.5 Å². The summed E-state index contributed by atoms with van der Waals surface area (Å²) in [5.41, 5.74) is 16.3. The van der Waals surface area contributed by atoms with Gasteiger partial charge in [0.25, 0.3) is 0 Å². The largest absolute Gasteiger partial charge is 0.451 e. The summed E-state index contributed by atoms with van der Waals surface area (Å²) in [5, 5.41) is 2.41. The first-order valence-corrected chi connectivity index (χ1v) is 19.3. The van der Waals surface area contributed by atoms with E-state index in [0.29, 0.717) is 0 Å². The van der Waals surface area contributed by atoms with Crippen LogP contribution in [-0.2, 0) is 10.8 Å². The number of ether oxygens (including phenoxy) is 1.